The highest BCUT2D eigenvalue weighted by Crippen LogP contribution is 2.21. The first-order chi connectivity index (χ1) is 11.1. The molecule has 0 aliphatic carbocycles. The summed E-state index contributed by atoms with van der Waals surface area (Å²) in [5.41, 5.74) is 7.19. The Morgan fingerprint density at radius 2 is 1.91 bits per heavy atom. The summed E-state index contributed by atoms with van der Waals surface area (Å²) in [6, 6.07) is 10.0. The summed E-state index contributed by atoms with van der Waals surface area (Å²) in [5.74, 6) is 0.354. The third-order valence-corrected chi connectivity index (χ3v) is 4.20. The number of hydrogen-bond acceptors (Lipinski definition) is 4. The average molecular weight is 319 g/mol. The molecule has 1 amide bonds. The number of nitrogens with zero attached hydrogens (tertiary/aromatic N) is 1. The lowest BCUT2D eigenvalue weighted by Crippen LogP contribution is -2.47. The van der Waals surface area contributed by atoms with Gasteiger partial charge in [0, 0.05) is 19.6 Å². The van der Waals surface area contributed by atoms with Crippen LogP contribution in [0.4, 0.5) is 0 Å². The number of carbonyl (C=O) groups excluding carboxylic acids is 1. The zero-order valence-corrected chi connectivity index (χ0v) is 14.2. The van der Waals surface area contributed by atoms with Crippen molar-refractivity contribution in [1.82, 2.24) is 10.2 Å². The molecule has 1 saturated heterocycles. The molecule has 1 aromatic carbocycles. The van der Waals surface area contributed by atoms with Gasteiger partial charge in [0.1, 0.15) is 0 Å². The highest BCUT2D eigenvalue weighted by molar-refractivity contribution is 5.81. The van der Waals surface area contributed by atoms with Crippen LogP contribution in [-0.2, 0) is 9.53 Å². The van der Waals surface area contributed by atoms with Crippen LogP contribution in [0.25, 0.3) is 0 Å². The normalized spacial score (nSPS) is 18.6. The Hall–Kier alpha value is -1.43. The van der Waals surface area contributed by atoms with Crippen LogP contribution in [-0.4, -0.2) is 49.7 Å². The van der Waals surface area contributed by atoms with Crippen molar-refractivity contribution >= 4 is 5.91 Å². The van der Waals surface area contributed by atoms with Crippen molar-refractivity contribution in [2.24, 2.45) is 11.7 Å². The molecule has 2 rings (SSSR count). The molecule has 3 N–H and O–H groups in total. The van der Waals surface area contributed by atoms with E-state index < -0.39 is 6.04 Å². The number of morpholine rings is 1. The summed E-state index contributed by atoms with van der Waals surface area (Å²) in [7, 11) is 0. The maximum Gasteiger partial charge on any atom is 0.236 e. The van der Waals surface area contributed by atoms with Gasteiger partial charge >= 0.3 is 0 Å². The van der Waals surface area contributed by atoms with Gasteiger partial charge in [-0.2, -0.15) is 0 Å². The largest absolute Gasteiger partial charge is 0.379 e. The molecular formula is C18H29N3O2. The van der Waals surface area contributed by atoms with Crippen molar-refractivity contribution in [3.63, 3.8) is 0 Å². The SMILES string of the molecule is CC(C)C[C@H](N)C(=O)NCC(c1ccccc1)N1CCOCC1. The predicted octanol–water partition coefficient (Wildman–Crippen LogP) is 1.55. The maximum atomic E-state index is 12.2. The van der Waals surface area contributed by atoms with Crippen LogP contribution in [0.15, 0.2) is 30.3 Å². The molecule has 0 spiro atoms. The smallest absolute Gasteiger partial charge is 0.236 e. The molecule has 1 heterocycles. The fraction of sp³-hybridized carbons (Fsp3) is 0.611. The molecule has 0 bridgehead atoms. The Bertz CT molecular complexity index is 472. The van der Waals surface area contributed by atoms with Gasteiger partial charge in [-0.1, -0.05) is 44.2 Å². The fourth-order valence-electron chi connectivity index (χ4n) is 2.97. The number of carbonyl (C=O) groups is 1. The van der Waals surface area contributed by atoms with Crippen molar-refractivity contribution in [3.05, 3.63) is 35.9 Å². The second kappa shape index (κ2) is 9.01. The first-order valence-electron chi connectivity index (χ1n) is 8.48. The van der Waals surface area contributed by atoms with Crippen LogP contribution >= 0.6 is 0 Å². The minimum absolute atomic E-state index is 0.0621. The number of hydrogen-bond donors (Lipinski definition) is 2. The predicted molar refractivity (Wildman–Crippen MR) is 92.0 cm³/mol. The molecule has 0 saturated carbocycles. The van der Waals surface area contributed by atoms with Gasteiger partial charge < -0.3 is 15.8 Å². The third kappa shape index (κ3) is 5.61. The number of nitrogens with two attached hydrogens (primary N) is 1. The highest BCUT2D eigenvalue weighted by atomic mass is 16.5. The number of benzene rings is 1. The van der Waals surface area contributed by atoms with Crippen LogP contribution in [0.3, 0.4) is 0 Å². The van der Waals surface area contributed by atoms with E-state index in [0.717, 1.165) is 26.3 Å². The van der Waals surface area contributed by atoms with E-state index >= 15 is 0 Å². The Balaban J connectivity index is 1.99. The average Bonchev–Trinajstić information content (AvgIpc) is 2.56. The summed E-state index contributed by atoms with van der Waals surface area (Å²) < 4.78 is 5.44. The van der Waals surface area contributed by atoms with E-state index in [0.29, 0.717) is 18.9 Å². The standard InChI is InChI=1S/C18H29N3O2/c1-14(2)12-16(19)18(22)20-13-17(15-6-4-3-5-7-15)21-8-10-23-11-9-21/h3-7,14,16-17H,8-13,19H2,1-2H3,(H,20,22)/t16-,17?/m0/s1. The lowest BCUT2D eigenvalue weighted by atomic mass is 10.0. The minimum Gasteiger partial charge on any atom is -0.379 e. The topological polar surface area (TPSA) is 67.6 Å². The first-order valence-corrected chi connectivity index (χ1v) is 8.48. The molecule has 0 aromatic heterocycles. The van der Waals surface area contributed by atoms with Crippen molar-refractivity contribution in [2.75, 3.05) is 32.8 Å². The zero-order valence-electron chi connectivity index (χ0n) is 14.2. The van der Waals surface area contributed by atoms with Gasteiger partial charge in [0.25, 0.3) is 0 Å². The summed E-state index contributed by atoms with van der Waals surface area (Å²) in [6.45, 7) is 7.98. The molecule has 2 atom stereocenters. The van der Waals surface area contributed by atoms with Crippen molar-refractivity contribution < 1.29 is 9.53 Å². The van der Waals surface area contributed by atoms with Gasteiger partial charge in [-0.3, -0.25) is 9.69 Å². The molecule has 1 aliphatic rings. The zero-order chi connectivity index (χ0) is 16.7. The molecule has 23 heavy (non-hydrogen) atoms. The molecule has 1 unspecified atom stereocenters. The number of amides is 1. The molecule has 1 aromatic rings. The van der Waals surface area contributed by atoms with Crippen LogP contribution in [0.5, 0.6) is 0 Å². The van der Waals surface area contributed by atoms with E-state index in [9.17, 15) is 4.79 Å². The van der Waals surface area contributed by atoms with E-state index in [-0.39, 0.29) is 11.9 Å². The number of nitrogens with one attached hydrogen (secondary N) is 1. The quantitative estimate of drug-likeness (QED) is 0.800. The number of ether oxygens (including phenoxy) is 1. The van der Waals surface area contributed by atoms with Gasteiger partial charge in [0.2, 0.25) is 5.91 Å². The summed E-state index contributed by atoms with van der Waals surface area (Å²) in [4.78, 5) is 14.6. The molecule has 1 aliphatic heterocycles. The molecule has 5 heteroatoms. The Labute approximate surface area is 139 Å². The third-order valence-electron chi connectivity index (χ3n) is 4.20. The first kappa shape index (κ1) is 17.9. The van der Waals surface area contributed by atoms with Crippen molar-refractivity contribution in [1.29, 1.82) is 0 Å². The summed E-state index contributed by atoms with van der Waals surface area (Å²) in [6.07, 6.45) is 0.708. The Morgan fingerprint density at radius 3 is 2.52 bits per heavy atom. The van der Waals surface area contributed by atoms with E-state index in [4.69, 9.17) is 10.5 Å². The summed E-state index contributed by atoms with van der Waals surface area (Å²) >= 11 is 0. The summed E-state index contributed by atoms with van der Waals surface area (Å²) in [5, 5.41) is 3.04. The van der Waals surface area contributed by atoms with Crippen molar-refractivity contribution in [3.8, 4) is 0 Å². The van der Waals surface area contributed by atoms with Crippen molar-refractivity contribution in [2.45, 2.75) is 32.4 Å². The number of rotatable bonds is 7. The van der Waals surface area contributed by atoms with Crippen LogP contribution in [0.2, 0.25) is 0 Å². The highest BCUT2D eigenvalue weighted by Gasteiger charge is 2.24. The Morgan fingerprint density at radius 1 is 1.26 bits per heavy atom. The molecule has 0 radical (unpaired) electrons. The molecule has 128 valence electrons. The van der Waals surface area contributed by atoms with Gasteiger partial charge in [-0.05, 0) is 17.9 Å². The van der Waals surface area contributed by atoms with E-state index in [2.05, 4.69) is 36.2 Å². The fourth-order valence-corrected chi connectivity index (χ4v) is 2.97. The Kier molecular flexibility index (Phi) is 7.02. The molecular weight excluding hydrogens is 290 g/mol. The monoisotopic (exact) mass is 319 g/mol. The van der Waals surface area contributed by atoms with Gasteiger partial charge in [-0.25, -0.2) is 0 Å². The van der Waals surface area contributed by atoms with E-state index in [1.54, 1.807) is 0 Å². The molecule has 1 fully saturated rings. The van der Waals surface area contributed by atoms with Gasteiger partial charge in [0.15, 0.2) is 0 Å². The van der Waals surface area contributed by atoms with Crippen LogP contribution < -0.4 is 11.1 Å². The van der Waals surface area contributed by atoms with E-state index in [1.165, 1.54) is 5.56 Å². The van der Waals surface area contributed by atoms with E-state index in [1.807, 2.05) is 18.2 Å². The van der Waals surface area contributed by atoms with Gasteiger partial charge in [0.05, 0.1) is 25.3 Å². The van der Waals surface area contributed by atoms with Crippen LogP contribution in [0.1, 0.15) is 31.9 Å². The van der Waals surface area contributed by atoms with Gasteiger partial charge in [-0.15, -0.1) is 0 Å². The van der Waals surface area contributed by atoms with Crippen LogP contribution in [0, 0.1) is 5.92 Å². The lowest BCUT2D eigenvalue weighted by Gasteiger charge is -2.35. The second-order valence-corrected chi connectivity index (χ2v) is 6.56. The maximum absolute atomic E-state index is 12.2. The lowest BCUT2D eigenvalue weighted by molar-refractivity contribution is -0.123. The second-order valence-electron chi connectivity index (χ2n) is 6.56. The molecule has 5 nitrogen and oxygen atoms in total. The minimum atomic E-state index is -0.434.